The molecule has 18 heavy (non-hydrogen) atoms. The van der Waals surface area contributed by atoms with Gasteiger partial charge in [0.25, 0.3) is 0 Å². The lowest BCUT2D eigenvalue weighted by atomic mass is 9.88. The summed E-state index contributed by atoms with van der Waals surface area (Å²) in [5, 5.41) is 3.60. The summed E-state index contributed by atoms with van der Waals surface area (Å²) in [7, 11) is 0. The van der Waals surface area contributed by atoms with Gasteiger partial charge in [0.05, 0.1) is 6.61 Å². The third-order valence-corrected chi connectivity index (χ3v) is 4.14. The molecule has 0 amide bonds. The summed E-state index contributed by atoms with van der Waals surface area (Å²) in [6.07, 6.45) is 2.54. The lowest BCUT2D eigenvalue weighted by molar-refractivity contribution is 0.328. The average molecular weight is 247 g/mol. The highest BCUT2D eigenvalue weighted by Gasteiger charge is 2.34. The molecule has 3 unspecified atom stereocenters. The SMILES string of the molecule is CCNC1CCC(c2ccccc2OCC)C1C. The van der Waals surface area contributed by atoms with Crippen molar-refractivity contribution in [3.8, 4) is 5.75 Å². The Morgan fingerprint density at radius 3 is 2.72 bits per heavy atom. The van der Waals surface area contributed by atoms with Crippen molar-refractivity contribution in [2.24, 2.45) is 5.92 Å². The Morgan fingerprint density at radius 1 is 1.22 bits per heavy atom. The van der Waals surface area contributed by atoms with Gasteiger partial charge in [0.1, 0.15) is 5.75 Å². The molecular weight excluding hydrogens is 222 g/mol. The maximum absolute atomic E-state index is 5.77. The fraction of sp³-hybridized carbons (Fsp3) is 0.625. The zero-order valence-corrected chi connectivity index (χ0v) is 11.8. The number of nitrogens with one attached hydrogen (secondary N) is 1. The van der Waals surface area contributed by atoms with Crippen LogP contribution in [0.2, 0.25) is 0 Å². The van der Waals surface area contributed by atoms with E-state index in [0.717, 1.165) is 18.9 Å². The molecule has 0 heterocycles. The molecule has 1 fully saturated rings. The molecule has 0 spiro atoms. The minimum absolute atomic E-state index is 0.636. The Labute approximate surface area is 111 Å². The van der Waals surface area contributed by atoms with Crippen LogP contribution in [0.3, 0.4) is 0 Å². The predicted molar refractivity (Wildman–Crippen MR) is 76.2 cm³/mol. The van der Waals surface area contributed by atoms with Gasteiger partial charge in [-0.15, -0.1) is 0 Å². The highest BCUT2D eigenvalue weighted by molar-refractivity contribution is 5.37. The van der Waals surface area contributed by atoms with Crippen molar-refractivity contribution in [3.63, 3.8) is 0 Å². The highest BCUT2D eigenvalue weighted by atomic mass is 16.5. The summed E-state index contributed by atoms with van der Waals surface area (Å²) in [4.78, 5) is 0. The molecule has 0 bridgehead atoms. The standard InChI is InChI=1S/C16H25NO/c1-4-17-15-11-10-13(12(15)3)14-8-6-7-9-16(14)18-5-2/h6-9,12-13,15,17H,4-5,10-11H2,1-3H3. The van der Waals surface area contributed by atoms with Crippen LogP contribution < -0.4 is 10.1 Å². The molecule has 2 nitrogen and oxygen atoms in total. The molecule has 1 aromatic rings. The van der Waals surface area contributed by atoms with E-state index in [4.69, 9.17) is 4.74 Å². The lowest BCUT2D eigenvalue weighted by Gasteiger charge is -2.23. The molecule has 0 radical (unpaired) electrons. The molecule has 100 valence electrons. The fourth-order valence-electron chi connectivity index (χ4n) is 3.23. The van der Waals surface area contributed by atoms with Gasteiger partial charge in [-0.25, -0.2) is 0 Å². The number of benzene rings is 1. The molecule has 0 saturated heterocycles. The molecule has 1 saturated carbocycles. The van der Waals surface area contributed by atoms with Crippen molar-refractivity contribution in [2.75, 3.05) is 13.2 Å². The van der Waals surface area contributed by atoms with E-state index in [1.807, 2.05) is 0 Å². The third kappa shape index (κ3) is 2.69. The predicted octanol–water partition coefficient (Wildman–Crippen LogP) is 3.58. The van der Waals surface area contributed by atoms with Crippen molar-refractivity contribution in [1.82, 2.24) is 5.32 Å². The van der Waals surface area contributed by atoms with Crippen LogP contribution in [-0.2, 0) is 0 Å². The van der Waals surface area contributed by atoms with E-state index in [1.54, 1.807) is 0 Å². The van der Waals surface area contributed by atoms with E-state index in [1.165, 1.54) is 18.4 Å². The van der Waals surface area contributed by atoms with Crippen molar-refractivity contribution in [3.05, 3.63) is 29.8 Å². The zero-order chi connectivity index (χ0) is 13.0. The van der Waals surface area contributed by atoms with Crippen molar-refractivity contribution < 1.29 is 4.74 Å². The van der Waals surface area contributed by atoms with Gasteiger partial charge in [-0.3, -0.25) is 0 Å². The van der Waals surface area contributed by atoms with Crippen LogP contribution in [0.15, 0.2) is 24.3 Å². The van der Waals surface area contributed by atoms with Gasteiger partial charge in [-0.05, 0) is 49.8 Å². The summed E-state index contributed by atoms with van der Waals surface area (Å²) >= 11 is 0. The van der Waals surface area contributed by atoms with Gasteiger partial charge in [0, 0.05) is 6.04 Å². The van der Waals surface area contributed by atoms with E-state index in [9.17, 15) is 0 Å². The molecule has 1 aromatic carbocycles. The van der Waals surface area contributed by atoms with Crippen LogP contribution in [0.5, 0.6) is 5.75 Å². The van der Waals surface area contributed by atoms with Gasteiger partial charge in [0.2, 0.25) is 0 Å². The summed E-state index contributed by atoms with van der Waals surface area (Å²) in [6, 6.07) is 9.20. The first-order valence-corrected chi connectivity index (χ1v) is 7.23. The quantitative estimate of drug-likeness (QED) is 0.858. The Bertz CT molecular complexity index is 377. The summed E-state index contributed by atoms with van der Waals surface area (Å²) in [5.41, 5.74) is 1.40. The second kappa shape index (κ2) is 6.24. The molecule has 2 rings (SSSR count). The van der Waals surface area contributed by atoms with Crippen LogP contribution >= 0.6 is 0 Å². The second-order valence-corrected chi connectivity index (χ2v) is 5.18. The number of hydrogen-bond acceptors (Lipinski definition) is 2. The summed E-state index contributed by atoms with van der Waals surface area (Å²) in [5.74, 6) is 2.40. The number of rotatable bonds is 5. The van der Waals surface area contributed by atoms with E-state index in [-0.39, 0.29) is 0 Å². The largest absolute Gasteiger partial charge is 0.494 e. The van der Waals surface area contributed by atoms with Crippen LogP contribution in [0, 0.1) is 5.92 Å². The molecule has 1 aliphatic carbocycles. The molecule has 0 aromatic heterocycles. The minimum atomic E-state index is 0.636. The molecule has 1 N–H and O–H groups in total. The molecule has 0 aliphatic heterocycles. The Kier molecular flexibility index (Phi) is 4.65. The van der Waals surface area contributed by atoms with E-state index >= 15 is 0 Å². The maximum atomic E-state index is 5.77. The highest BCUT2D eigenvalue weighted by Crippen LogP contribution is 2.42. The molecule has 3 atom stereocenters. The minimum Gasteiger partial charge on any atom is -0.494 e. The van der Waals surface area contributed by atoms with E-state index in [2.05, 4.69) is 50.4 Å². The zero-order valence-electron chi connectivity index (χ0n) is 11.8. The number of para-hydroxylation sites is 1. The summed E-state index contributed by atoms with van der Waals surface area (Å²) in [6.45, 7) is 8.42. The van der Waals surface area contributed by atoms with Crippen molar-refractivity contribution >= 4 is 0 Å². The normalized spacial score (nSPS) is 27.4. The van der Waals surface area contributed by atoms with Gasteiger partial charge < -0.3 is 10.1 Å². The second-order valence-electron chi connectivity index (χ2n) is 5.18. The Balaban J connectivity index is 2.17. The van der Waals surface area contributed by atoms with Gasteiger partial charge in [-0.2, -0.15) is 0 Å². The molecule has 1 aliphatic rings. The average Bonchev–Trinajstić information content (AvgIpc) is 2.73. The van der Waals surface area contributed by atoms with E-state index in [0.29, 0.717) is 17.9 Å². The van der Waals surface area contributed by atoms with Crippen LogP contribution in [0.1, 0.15) is 45.1 Å². The van der Waals surface area contributed by atoms with Gasteiger partial charge >= 0.3 is 0 Å². The lowest BCUT2D eigenvalue weighted by Crippen LogP contribution is -2.32. The molecular formula is C16H25NO. The first-order chi connectivity index (χ1) is 8.77. The van der Waals surface area contributed by atoms with Gasteiger partial charge in [0.15, 0.2) is 0 Å². The van der Waals surface area contributed by atoms with Crippen molar-refractivity contribution in [2.45, 2.75) is 45.6 Å². The van der Waals surface area contributed by atoms with Crippen LogP contribution in [0.25, 0.3) is 0 Å². The number of hydrogen-bond donors (Lipinski definition) is 1. The monoisotopic (exact) mass is 247 g/mol. The molecule has 2 heteroatoms. The van der Waals surface area contributed by atoms with Crippen LogP contribution in [0.4, 0.5) is 0 Å². The Hall–Kier alpha value is -1.02. The van der Waals surface area contributed by atoms with E-state index < -0.39 is 0 Å². The first kappa shape index (κ1) is 13.4. The Morgan fingerprint density at radius 2 is 2.00 bits per heavy atom. The third-order valence-electron chi connectivity index (χ3n) is 4.14. The van der Waals surface area contributed by atoms with Gasteiger partial charge in [-0.1, -0.05) is 32.0 Å². The van der Waals surface area contributed by atoms with Crippen molar-refractivity contribution in [1.29, 1.82) is 0 Å². The smallest absolute Gasteiger partial charge is 0.122 e. The summed E-state index contributed by atoms with van der Waals surface area (Å²) < 4.78 is 5.77. The number of ether oxygens (including phenoxy) is 1. The van der Waals surface area contributed by atoms with Crippen LogP contribution in [-0.4, -0.2) is 19.2 Å². The fourth-order valence-corrected chi connectivity index (χ4v) is 3.23. The topological polar surface area (TPSA) is 21.3 Å². The maximum Gasteiger partial charge on any atom is 0.122 e. The first-order valence-electron chi connectivity index (χ1n) is 7.23.